The Bertz CT molecular complexity index is 453. The zero-order valence-corrected chi connectivity index (χ0v) is 12.6. The number of carbonyl (C=O) groups is 2. The minimum atomic E-state index is -1.03. The van der Waals surface area contributed by atoms with E-state index in [1.165, 1.54) is 35.7 Å². The van der Waals surface area contributed by atoms with Gasteiger partial charge in [-0.2, -0.15) is 11.8 Å². The SMILES string of the molecule is CSCC[C@@H](NC(=O)CSc1ccc(F)cc1)C(=O)O. The Morgan fingerprint density at radius 1 is 1.35 bits per heavy atom. The van der Waals surface area contributed by atoms with E-state index in [1.54, 1.807) is 12.1 Å². The second-order valence-corrected chi connectivity index (χ2v) is 6.02. The number of rotatable bonds is 8. The number of thioether (sulfide) groups is 2. The Hall–Kier alpha value is -1.21. The number of hydrogen-bond acceptors (Lipinski definition) is 4. The Morgan fingerprint density at radius 3 is 2.55 bits per heavy atom. The molecule has 2 N–H and O–H groups in total. The fraction of sp³-hybridized carbons (Fsp3) is 0.385. The van der Waals surface area contributed by atoms with Crippen molar-refractivity contribution in [1.82, 2.24) is 5.32 Å². The monoisotopic (exact) mass is 317 g/mol. The Balaban J connectivity index is 2.41. The molecule has 0 saturated carbocycles. The summed E-state index contributed by atoms with van der Waals surface area (Å²) in [5.41, 5.74) is 0. The third kappa shape index (κ3) is 6.29. The van der Waals surface area contributed by atoms with E-state index in [-0.39, 0.29) is 17.5 Å². The standard InChI is InChI=1S/C13H16FNO3S2/c1-19-7-6-11(13(17)18)15-12(16)8-20-10-4-2-9(14)3-5-10/h2-5,11H,6-8H2,1H3,(H,15,16)(H,17,18)/t11-/m1/s1. The summed E-state index contributed by atoms with van der Waals surface area (Å²) in [7, 11) is 0. The van der Waals surface area contributed by atoms with Crippen LogP contribution in [0.4, 0.5) is 4.39 Å². The van der Waals surface area contributed by atoms with E-state index in [2.05, 4.69) is 5.32 Å². The first-order valence-electron chi connectivity index (χ1n) is 5.92. The van der Waals surface area contributed by atoms with E-state index in [1.807, 2.05) is 6.26 Å². The second kappa shape index (κ2) is 8.86. The summed E-state index contributed by atoms with van der Waals surface area (Å²) in [5, 5.41) is 11.5. The van der Waals surface area contributed by atoms with Gasteiger partial charge in [-0.05, 0) is 42.7 Å². The Kier molecular flexibility index (Phi) is 7.46. The molecule has 0 aromatic heterocycles. The van der Waals surface area contributed by atoms with Gasteiger partial charge in [-0.25, -0.2) is 9.18 Å². The molecule has 1 rings (SSSR count). The highest BCUT2D eigenvalue weighted by molar-refractivity contribution is 8.00. The summed E-state index contributed by atoms with van der Waals surface area (Å²) in [6.45, 7) is 0. The maximum Gasteiger partial charge on any atom is 0.326 e. The van der Waals surface area contributed by atoms with Crippen molar-refractivity contribution in [1.29, 1.82) is 0 Å². The number of aliphatic carboxylic acids is 1. The highest BCUT2D eigenvalue weighted by atomic mass is 32.2. The van der Waals surface area contributed by atoms with Crippen LogP contribution in [0, 0.1) is 5.82 Å². The maximum atomic E-state index is 12.7. The van der Waals surface area contributed by atoms with Gasteiger partial charge in [0.1, 0.15) is 11.9 Å². The fourth-order valence-corrected chi connectivity index (χ4v) is 2.59. The molecule has 1 atom stereocenters. The van der Waals surface area contributed by atoms with E-state index in [4.69, 9.17) is 5.11 Å². The zero-order valence-electron chi connectivity index (χ0n) is 11.0. The van der Waals surface area contributed by atoms with Gasteiger partial charge < -0.3 is 10.4 Å². The van der Waals surface area contributed by atoms with E-state index in [0.29, 0.717) is 12.2 Å². The molecule has 20 heavy (non-hydrogen) atoms. The molecule has 0 heterocycles. The van der Waals surface area contributed by atoms with Gasteiger partial charge in [-0.3, -0.25) is 4.79 Å². The summed E-state index contributed by atoms with van der Waals surface area (Å²) in [6, 6.07) is 4.94. The summed E-state index contributed by atoms with van der Waals surface area (Å²) in [5.74, 6) is -0.925. The first kappa shape index (κ1) is 16.8. The van der Waals surface area contributed by atoms with Crippen LogP contribution in [0.5, 0.6) is 0 Å². The molecular weight excluding hydrogens is 301 g/mol. The van der Waals surface area contributed by atoms with Crippen molar-refractivity contribution in [3.63, 3.8) is 0 Å². The topological polar surface area (TPSA) is 66.4 Å². The van der Waals surface area contributed by atoms with E-state index >= 15 is 0 Å². The number of carboxylic acids is 1. The van der Waals surface area contributed by atoms with Gasteiger partial charge >= 0.3 is 5.97 Å². The van der Waals surface area contributed by atoms with Crippen LogP contribution < -0.4 is 5.32 Å². The van der Waals surface area contributed by atoms with Crippen molar-refractivity contribution in [2.45, 2.75) is 17.4 Å². The van der Waals surface area contributed by atoms with Crippen molar-refractivity contribution in [2.75, 3.05) is 17.8 Å². The van der Waals surface area contributed by atoms with Crippen LogP contribution in [0.1, 0.15) is 6.42 Å². The molecule has 0 aliphatic rings. The highest BCUT2D eigenvalue weighted by Crippen LogP contribution is 2.17. The largest absolute Gasteiger partial charge is 0.480 e. The molecule has 1 aromatic carbocycles. The van der Waals surface area contributed by atoms with Crippen molar-refractivity contribution >= 4 is 35.4 Å². The fourth-order valence-electron chi connectivity index (χ4n) is 1.41. The van der Waals surface area contributed by atoms with Gasteiger partial charge in [0.2, 0.25) is 5.91 Å². The van der Waals surface area contributed by atoms with Crippen LogP contribution >= 0.6 is 23.5 Å². The van der Waals surface area contributed by atoms with E-state index in [0.717, 1.165) is 4.90 Å². The lowest BCUT2D eigenvalue weighted by Gasteiger charge is -2.13. The number of benzene rings is 1. The van der Waals surface area contributed by atoms with Crippen molar-refractivity contribution < 1.29 is 19.1 Å². The van der Waals surface area contributed by atoms with Gasteiger partial charge in [-0.15, -0.1) is 11.8 Å². The van der Waals surface area contributed by atoms with Crippen LogP contribution in [-0.2, 0) is 9.59 Å². The minimum Gasteiger partial charge on any atom is -0.480 e. The molecule has 0 radical (unpaired) electrons. The smallest absolute Gasteiger partial charge is 0.326 e. The minimum absolute atomic E-state index is 0.106. The number of halogens is 1. The molecule has 0 unspecified atom stereocenters. The van der Waals surface area contributed by atoms with Crippen LogP contribution in [0.25, 0.3) is 0 Å². The lowest BCUT2D eigenvalue weighted by atomic mass is 10.2. The number of hydrogen-bond donors (Lipinski definition) is 2. The van der Waals surface area contributed by atoms with Gasteiger partial charge in [0.15, 0.2) is 0 Å². The molecule has 0 saturated heterocycles. The number of carboxylic acid groups (broad SMARTS) is 1. The first-order valence-corrected chi connectivity index (χ1v) is 8.30. The Labute approximate surface area is 125 Å². The van der Waals surface area contributed by atoms with Crippen LogP contribution in [0.15, 0.2) is 29.2 Å². The van der Waals surface area contributed by atoms with Crippen LogP contribution in [0.3, 0.4) is 0 Å². The molecule has 7 heteroatoms. The molecule has 0 aliphatic carbocycles. The van der Waals surface area contributed by atoms with Gasteiger partial charge in [0.25, 0.3) is 0 Å². The molecule has 0 aliphatic heterocycles. The summed E-state index contributed by atoms with van der Waals surface area (Å²) < 4.78 is 12.7. The molecule has 0 fully saturated rings. The average molecular weight is 317 g/mol. The molecule has 0 spiro atoms. The number of amides is 1. The van der Waals surface area contributed by atoms with Gasteiger partial charge in [0, 0.05) is 4.90 Å². The van der Waals surface area contributed by atoms with E-state index in [9.17, 15) is 14.0 Å². The predicted molar refractivity (Wildman–Crippen MR) is 79.7 cm³/mol. The Morgan fingerprint density at radius 2 is 2.00 bits per heavy atom. The molecule has 1 aromatic rings. The molecule has 110 valence electrons. The summed E-state index contributed by atoms with van der Waals surface area (Å²) in [6.07, 6.45) is 2.27. The molecule has 0 bridgehead atoms. The maximum absolute atomic E-state index is 12.7. The third-order valence-electron chi connectivity index (χ3n) is 2.43. The lowest BCUT2D eigenvalue weighted by Crippen LogP contribution is -2.42. The quantitative estimate of drug-likeness (QED) is 0.720. The van der Waals surface area contributed by atoms with Crippen molar-refractivity contribution in [3.05, 3.63) is 30.1 Å². The lowest BCUT2D eigenvalue weighted by molar-refractivity contribution is -0.141. The normalized spacial score (nSPS) is 11.9. The molecular formula is C13H16FNO3S2. The predicted octanol–water partition coefficient (Wildman–Crippen LogP) is 2.24. The number of carbonyl (C=O) groups excluding carboxylic acids is 1. The van der Waals surface area contributed by atoms with Crippen molar-refractivity contribution in [3.8, 4) is 0 Å². The zero-order chi connectivity index (χ0) is 15.0. The van der Waals surface area contributed by atoms with E-state index < -0.39 is 12.0 Å². The van der Waals surface area contributed by atoms with Crippen LogP contribution in [0.2, 0.25) is 0 Å². The third-order valence-corrected chi connectivity index (χ3v) is 4.08. The highest BCUT2D eigenvalue weighted by Gasteiger charge is 2.19. The van der Waals surface area contributed by atoms with Crippen molar-refractivity contribution in [2.24, 2.45) is 0 Å². The van der Waals surface area contributed by atoms with Gasteiger partial charge in [0.05, 0.1) is 5.75 Å². The summed E-state index contributed by atoms with van der Waals surface area (Å²) in [4.78, 5) is 23.4. The second-order valence-electron chi connectivity index (χ2n) is 3.98. The molecule has 1 amide bonds. The van der Waals surface area contributed by atoms with Crippen LogP contribution in [-0.4, -0.2) is 40.8 Å². The summed E-state index contributed by atoms with van der Waals surface area (Å²) >= 11 is 2.77. The molecule has 4 nitrogen and oxygen atoms in total. The van der Waals surface area contributed by atoms with Gasteiger partial charge in [-0.1, -0.05) is 0 Å². The average Bonchev–Trinajstić information content (AvgIpc) is 2.42. The first-order chi connectivity index (χ1) is 9.52. The number of nitrogens with one attached hydrogen (secondary N) is 1.